The fourth-order valence-electron chi connectivity index (χ4n) is 0.680. The van der Waals surface area contributed by atoms with Crippen LogP contribution in [0.1, 0.15) is 0 Å². The Bertz CT molecular complexity index is 269. The molecule has 0 saturated carbocycles. The quantitative estimate of drug-likeness (QED) is 0.665. The second kappa shape index (κ2) is 4.03. The molecular weight excluding hydrogens is 163 g/mol. The summed E-state index contributed by atoms with van der Waals surface area (Å²) in [4.78, 5) is 0.612. The van der Waals surface area contributed by atoms with Gasteiger partial charge in [-0.05, 0) is 12.1 Å². The van der Waals surface area contributed by atoms with E-state index in [0.29, 0.717) is 11.2 Å². The molecule has 3 heteroatoms. The second-order valence-corrected chi connectivity index (χ2v) is 3.21. The maximum Gasteiger partial charge on any atom is 0.0958 e. The molecule has 0 aliphatic heterocycles. The fraction of sp³-hybridized carbons (Fsp3) is 0. The molecule has 0 aliphatic carbocycles. The Kier molecular flexibility index (Phi) is 2.98. The van der Waals surface area contributed by atoms with Gasteiger partial charge in [0, 0.05) is 10.3 Å². The lowest BCUT2D eigenvalue weighted by molar-refractivity contribution is 0.685. The van der Waals surface area contributed by atoms with E-state index in [2.05, 4.69) is 0 Å². The topological polar surface area (TPSA) is 17.1 Å². The first kappa shape index (κ1) is 8.14. The Morgan fingerprint density at radius 3 is 2.45 bits per heavy atom. The first-order valence-electron chi connectivity index (χ1n) is 3.07. The molecule has 0 N–H and O–H groups in total. The molecule has 0 saturated heterocycles. The molecule has 0 bridgehead atoms. The number of hydrogen-bond acceptors (Lipinski definition) is 1. The lowest BCUT2D eigenvalue weighted by Gasteiger charge is -1.92. The van der Waals surface area contributed by atoms with E-state index in [1.54, 1.807) is 24.3 Å². The van der Waals surface area contributed by atoms with E-state index in [0.717, 1.165) is 5.41 Å². The van der Waals surface area contributed by atoms with E-state index in [1.807, 2.05) is 6.07 Å². The lowest BCUT2D eigenvalue weighted by atomic mass is 10.4. The van der Waals surface area contributed by atoms with E-state index in [-0.39, 0.29) is 0 Å². The van der Waals surface area contributed by atoms with E-state index in [4.69, 9.17) is 0 Å². The highest BCUT2D eigenvalue weighted by Gasteiger charge is 1.95. The maximum atomic E-state index is 11.6. The van der Waals surface area contributed by atoms with Gasteiger partial charge in [0.05, 0.1) is 17.1 Å². The number of hydrogen-bond donors (Lipinski definition) is 0. The van der Waals surface area contributed by atoms with E-state index < -0.39 is 10.8 Å². The first-order chi connectivity index (χ1) is 5.34. The highest BCUT2D eigenvalue weighted by Crippen LogP contribution is 2.05. The number of halogens is 1. The molecule has 1 atom stereocenters. The van der Waals surface area contributed by atoms with Crippen molar-refractivity contribution in [3.05, 3.63) is 42.1 Å². The smallest absolute Gasteiger partial charge is 0.0958 e. The second-order valence-electron chi connectivity index (χ2n) is 1.87. The van der Waals surface area contributed by atoms with Crippen LogP contribution in [0.4, 0.5) is 4.39 Å². The minimum atomic E-state index is -1.34. The van der Waals surface area contributed by atoms with Crippen molar-refractivity contribution in [3.8, 4) is 0 Å². The molecule has 0 spiro atoms. The monoisotopic (exact) mass is 170 g/mol. The minimum absolute atomic E-state index is 0.295. The van der Waals surface area contributed by atoms with Gasteiger partial charge in [0.2, 0.25) is 0 Å². The van der Waals surface area contributed by atoms with Gasteiger partial charge in [-0.15, -0.1) is 0 Å². The van der Waals surface area contributed by atoms with Crippen molar-refractivity contribution < 1.29 is 8.60 Å². The van der Waals surface area contributed by atoms with Gasteiger partial charge in [0.25, 0.3) is 0 Å². The third-order valence-electron chi connectivity index (χ3n) is 1.15. The maximum absolute atomic E-state index is 11.6. The average molecular weight is 170 g/mol. The van der Waals surface area contributed by atoms with Crippen molar-refractivity contribution in [1.82, 2.24) is 0 Å². The van der Waals surface area contributed by atoms with Crippen molar-refractivity contribution >= 4 is 10.8 Å². The van der Waals surface area contributed by atoms with Crippen LogP contribution in [0.15, 0.2) is 47.0 Å². The molecule has 1 rings (SSSR count). The van der Waals surface area contributed by atoms with Gasteiger partial charge in [-0.1, -0.05) is 18.2 Å². The summed E-state index contributed by atoms with van der Waals surface area (Å²) in [7, 11) is -1.34. The van der Waals surface area contributed by atoms with Crippen LogP contribution in [0.5, 0.6) is 0 Å². The summed E-state index contributed by atoms with van der Waals surface area (Å²) in [6.45, 7) is 0. The zero-order chi connectivity index (χ0) is 8.10. The van der Waals surface area contributed by atoms with E-state index >= 15 is 0 Å². The standard InChI is InChI=1S/C8H7FOS/c9-6-7-11(10)8-4-2-1-3-5-8/h1-7H/b7-6+. The largest absolute Gasteiger partial charge is 0.250 e. The van der Waals surface area contributed by atoms with Gasteiger partial charge < -0.3 is 0 Å². The normalized spacial score (nSPS) is 13.5. The van der Waals surface area contributed by atoms with Crippen molar-refractivity contribution in [3.63, 3.8) is 0 Å². The summed E-state index contributed by atoms with van der Waals surface area (Å²) in [6.07, 6.45) is 0.295. The Balaban J connectivity index is 2.86. The van der Waals surface area contributed by atoms with E-state index in [1.165, 1.54) is 0 Å². The summed E-state index contributed by atoms with van der Waals surface area (Å²) in [6, 6.07) is 8.73. The summed E-state index contributed by atoms with van der Waals surface area (Å²) in [5.41, 5.74) is 0. The molecular formula is C8H7FOS. The van der Waals surface area contributed by atoms with Gasteiger partial charge in [0.15, 0.2) is 0 Å². The Morgan fingerprint density at radius 2 is 1.91 bits per heavy atom. The van der Waals surface area contributed by atoms with Gasteiger partial charge in [-0.2, -0.15) is 0 Å². The Morgan fingerprint density at radius 1 is 1.27 bits per heavy atom. The minimum Gasteiger partial charge on any atom is -0.250 e. The molecule has 1 aromatic rings. The molecule has 58 valence electrons. The molecule has 0 radical (unpaired) electrons. The van der Waals surface area contributed by atoms with Crippen LogP contribution in [0.3, 0.4) is 0 Å². The Hall–Kier alpha value is -0.960. The van der Waals surface area contributed by atoms with Crippen molar-refractivity contribution in [1.29, 1.82) is 0 Å². The third-order valence-corrected chi connectivity index (χ3v) is 2.24. The SMILES string of the molecule is O=S(/C=C/F)c1ccccc1. The van der Waals surface area contributed by atoms with Crippen LogP contribution in [-0.2, 0) is 10.8 Å². The highest BCUT2D eigenvalue weighted by atomic mass is 32.2. The van der Waals surface area contributed by atoms with Gasteiger partial charge in [-0.25, -0.2) is 8.60 Å². The van der Waals surface area contributed by atoms with Crippen LogP contribution >= 0.6 is 0 Å². The van der Waals surface area contributed by atoms with Gasteiger partial charge >= 0.3 is 0 Å². The van der Waals surface area contributed by atoms with Crippen LogP contribution in [0.2, 0.25) is 0 Å². The fourth-order valence-corrected chi connectivity index (χ4v) is 1.36. The third kappa shape index (κ3) is 2.27. The lowest BCUT2D eigenvalue weighted by Crippen LogP contribution is -1.83. The summed E-state index contributed by atoms with van der Waals surface area (Å²) in [5, 5.41) is 1.01. The number of benzene rings is 1. The molecule has 1 aromatic carbocycles. The van der Waals surface area contributed by atoms with Crippen molar-refractivity contribution in [2.45, 2.75) is 4.90 Å². The van der Waals surface area contributed by atoms with Crippen LogP contribution < -0.4 is 0 Å². The molecule has 11 heavy (non-hydrogen) atoms. The van der Waals surface area contributed by atoms with Gasteiger partial charge in [0.1, 0.15) is 0 Å². The predicted molar refractivity (Wildman–Crippen MR) is 43.1 cm³/mol. The molecule has 0 amide bonds. The van der Waals surface area contributed by atoms with Crippen molar-refractivity contribution in [2.24, 2.45) is 0 Å². The molecule has 1 unspecified atom stereocenters. The summed E-state index contributed by atoms with van der Waals surface area (Å²) in [5.74, 6) is 0. The van der Waals surface area contributed by atoms with Gasteiger partial charge in [-0.3, -0.25) is 0 Å². The first-order valence-corrected chi connectivity index (χ1v) is 4.28. The summed E-state index contributed by atoms with van der Waals surface area (Å²) < 4.78 is 22.6. The van der Waals surface area contributed by atoms with Crippen molar-refractivity contribution in [2.75, 3.05) is 0 Å². The Labute approximate surface area is 67.0 Å². The number of rotatable bonds is 2. The molecule has 0 fully saturated rings. The summed E-state index contributed by atoms with van der Waals surface area (Å²) >= 11 is 0. The van der Waals surface area contributed by atoms with E-state index in [9.17, 15) is 8.60 Å². The molecule has 1 nitrogen and oxygen atoms in total. The zero-order valence-electron chi connectivity index (χ0n) is 5.74. The van der Waals surface area contributed by atoms with Crippen LogP contribution in [-0.4, -0.2) is 4.21 Å². The average Bonchev–Trinajstić information content (AvgIpc) is 2.07. The zero-order valence-corrected chi connectivity index (χ0v) is 6.55. The van der Waals surface area contributed by atoms with Crippen LogP contribution in [0.25, 0.3) is 0 Å². The van der Waals surface area contributed by atoms with Crippen LogP contribution in [0, 0.1) is 0 Å². The molecule has 0 heterocycles. The molecule has 0 aliphatic rings. The predicted octanol–water partition coefficient (Wildman–Crippen LogP) is 2.23. The highest BCUT2D eigenvalue weighted by molar-refractivity contribution is 7.88. The molecule has 0 aromatic heterocycles.